The minimum Gasteiger partial charge on any atom is -0.494 e. The van der Waals surface area contributed by atoms with Gasteiger partial charge in [0.15, 0.2) is 11.6 Å². The first-order valence-corrected chi connectivity index (χ1v) is 6.52. The largest absolute Gasteiger partial charge is 0.494 e. The number of fused-ring (bicyclic) bond motifs is 1. The highest BCUT2D eigenvalue weighted by Gasteiger charge is 2.38. The molecule has 4 nitrogen and oxygen atoms in total. The fourth-order valence-corrected chi connectivity index (χ4v) is 3.00. The Bertz CT molecular complexity index is 500. The van der Waals surface area contributed by atoms with Gasteiger partial charge in [-0.1, -0.05) is 0 Å². The molecule has 110 valence electrons. The molecular weight excluding hydrogens is 283 g/mol. The standard InChI is InChI=1S/C14H17FN2O2.ClH/c1-19-13-4-9(2-3-12(13)15)14(18)17-7-10-5-16-6-11(10)8-17;/h2-4,10-11,16H,5-8H2,1H3;1H/t10-,11+;. The van der Waals surface area contributed by atoms with E-state index in [9.17, 15) is 9.18 Å². The zero-order chi connectivity index (χ0) is 13.4. The summed E-state index contributed by atoms with van der Waals surface area (Å²) in [6.45, 7) is 3.55. The Morgan fingerprint density at radius 1 is 1.35 bits per heavy atom. The molecule has 6 heteroatoms. The Balaban J connectivity index is 0.00000147. The normalized spacial score (nSPS) is 24.2. The number of carbonyl (C=O) groups is 1. The number of nitrogens with one attached hydrogen (secondary N) is 1. The smallest absolute Gasteiger partial charge is 0.254 e. The van der Waals surface area contributed by atoms with E-state index in [1.165, 1.54) is 25.3 Å². The number of hydrogen-bond acceptors (Lipinski definition) is 3. The molecule has 0 unspecified atom stereocenters. The summed E-state index contributed by atoms with van der Waals surface area (Å²) >= 11 is 0. The molecule has 2 heterocycles. The second-order valence-corrected chi connectivity index (χ2v) is 5.24. The van der Waals surface area contributed by atoms with Crippen LogP contribution in [0.3, 0.4) is 0 Å². The van der Waals surface area contributed by atoms with Gasteiger partial charge < -0.3 is 15.0 Å². The van der Waals surface area contributed by atoms with Gasteiger partial charge in [-0.05, 0) is 30.0 Å². The number of amides is 1. The van der Waals surface area contributed by atoms with E-state index in [1.807, 2.05) is 4.90 Å². The zero-order valence-corrected chi connectivity index (χ0v) is 12.1. The molecule has 0 radical (unpaired) electrons. The molecule has 1 aromatic rings. The van der Waals surface area contributed by atoms with Crippen LogP contribution >= 0.6 is 12.4 Å². The number of nitrogens with zero attached hydrogens (tertiary/aromatic N) is 1. The number of ether oxygens (including phenoxy) is 1. The molecule has 1 N–H and O–H groups in total. The summed E-state index contributed by atoms with van der Waals surface area (Å²) in [5.74, 6) is 0.763. The van der Waals surface area contributed by atoms with E-state index in [4.69, 9.17) is 4.74 Å². The molecule has 0 bridgehead atoms. The summed E-state index contributed by atoms with van der Waals surface area (Å²) in [6, 6.07) is 4.28. The van der Waals surface area contributed by atoms with Gasteiger partial charge in [-0.3, -0.25) is 4.79 Å². The first-order valence-electron chi connectivity index (χ1n) is 6.52. The summed E-state index contributed by atoms with van der Waals surface area (Å²) in [5.41, 5.74) is 0.492. The number of likely N-dealkylation sites (tertiary alicyclic amines) is 1. The lowest BCUT2D eigenvalue weighted by molar-refractivity contribution is 0.0781. The Labute approximate surface area is 123 Å². The molecule has 0 spiro atoms. The number of rotatable bonds is 2. The molecule has 0 aliphatic carbocycles. The van der Waals surface area contributed by atoms with Gasteiger partial charge in [-0.2, -0.15) is 0 Å². The third-order valence-electron chi connectivity index (χ3n) is 4.07. The van der Waals surface area contributed by atoms with Crippen molar-refractivity contribution >= 4 is 18.3 Å². The van der Waals surface area contributed by atoms with E-state index in [1.54, 1.807) is 0 Å². The Hall–Kier alpha value is -1.33. The fraction of sp³-hybridized carbons (Fsp3) is 0.500. The van der Waals surface area contributed by atoms with Crippen LogP contribution in [0.1, 0.15) is 10.4 Å². The first kappa shape index (κ1) is 15.1. The molecule has 1 amide bonds. The van der Waals surface area contributed by atoms with Crippen molar-refractivity contribution in [2.24, 2.45) is 11.8 Å². The van der Waals surface area contributed by atoms with Crippen molar-refractivity contribution in [3.05, 3.63) is 29.6 Å². The molecule has 2 saturated heterocycles. The molecule has 1 aromatic carbocycles. The van der Waals surface area contributed by atoms with E-state index in [0.29, 0.717) is 17.4 Å². The molecule has 3 rings (SSSR count). The third kappa shape index (κ3) is 2.60. The van der Waals surface area contributed by atoms with E-state index in [-0.39, 0.29) is 24.1 Å². The second kappa shape index (κ2) is 5.97. The number of benzene rings is 1. The van der Waals surface area contributed by atoms with Gasteiger partial charge >= 0.3 is 0 Å². The highest BCUT2D eigenvalue weighted by molar-refractivity contribution is 5.94. The maximum absolute atomic E-state index is 13.3. The Morgan fingerprint density at radius 3 is 2.60 bits per heavy atom. The average molecular weight is 301 g/mol. The van der Waals surface area contributed by atoms with Gasteiger partial charge in [0.25, 0.3) is 5.91 Å². The van der Waals surface area contributed by atoms with Crippen molar-refractivity contribution < 1.29 is 13.9 Å². The van der Waals surface area contributed by atoms with Crippen LogP contribution in [0.4, 0.5) is 4.39 Å². The lowest BCUT2D eigenvalue weighted by Gasteiger charge is -2.18. The van der Waals surface area contributed by atoms with Gasteiger partial charge in [0, 0.05) is 31.7 Å². The molecular formula is C14H18ClFN2O2. The zero-order valence-electron chi connectivity index (χ0n) is 11.3. The molecule has 2 fully saturated rings. The van der Waals surface area contributed by atoms with Crippen molar-refractivity contribution in [3.8, 4) is 5.75 Å². The molecule has 0 aromatic heterocycles. The number of hydrogen-bond donors (Lipinski definition) is 1. The number of methoxy groups -OCH3 is 1. The molecule has 2 aliphatic rings. The van der Waals surface area contributed by atoms with Crippen LogP contribution < -0.4 is 10.1 Å². The van der Waals surface area contributed by atoms with E-state index >= 15 is 0 Å². The van der Waals surface area contributed by atoms with Crippen molar-refractivity contribution in [2.75, 3.05) is 33.3 Å². The maximum atomic E-state index is 13.3. The van der Waals surface area contributed by atoms with Crippen LogP contribution in [0, 0.1) is 17.7 Å². The number of carbonyl (C=O) groups excluding carboxylic acids is 1. The first-order chi connectivity index (χ1) is 9.19. The van der Waals surface area contributed by atoms with Gasteiger partial charge in [-0.25, -0.2) is 4.39 Å². The molecule has 0 saturated carbocycles. The third-order valence-corrected chi connectivity index (χ3v) is 4.07. The van der Waals surface area contributed by atoms with Crippen molar-refractivity contribution in [2.45, 2.75) is 0 Å². The summed E-state index contributed by atoms with van der Waals surface area (Å²) in [5, 5.41) is 3.34. The minimum atomic E-state index is -0.443. The quantitative estimate of drug-likeness (QED) is 0.901. The van der Waals surface area contributed by atoms with Gasteiger partial charge in [0.2, 0.25) is 0 Å². The van der Waals surface area contributed by atoms with Crippen LogP contribution in [0.25, 0.3) is 0 Å². The molecule has 2 atom stereocenters. The minimum absolute atomic E-state index is 0. The van der Waals surface area contributed by atoms with Crippen LogP contribution in [0.2, 0.25) is 0 Å². The predicted octanol–water partition coefficient (Wildman–Crippen LogP) is 1.55. The molecule has 20 heavy (non-hydrogen) atoms. The Morgan fingerprint density at radius 2 is 2.00 bits per heavy atom. The van der Waals surface area contributed by atoms with E-state index < -0.39 is 5.82 Å². The highest BCUT2D eigenvalue weighted by atomic mass is 35.5. The predicted molar refractivity (Wildman–Crippen MR) is 76.0 cm³/mol. The highest BCUT2D eigenvalue weighted by Crippen LogP contribution is 2.28. The van der Waals surface area contributed by atoms with Crippen LogP contribution in [-0.4, -0.2) is 44.1 Å². The van der Waals surface area contributed by atoms with Gasteiger partial charge in [0.1, 0.15) is 0 Å². The topological polar surface area (TPSA) is 41.6 Å². The monoisotopic (exact) mass is 300 g/mol. The Kier molecular flexibility index (Phi) is 4.50. The van der Waals surface area contributed by atoms with Crippen molar-refractivity contribution in [3.63, 3.8) is 0 Å². The maximum Gasteiger partial charge on any atom is 0.254 e. The summed E-state index contributed by atoms with van der Waals surface area (Å²) in [7, 11) is 1.40. The van der Waals surface area contributed by atoms with Crippen molar-refractivity contribution in [1.82, 2.24) is 10.2 Å². The lowest BCUT2D eigenvalue weighted by atomic mass is 10.0. The second-order valence-electron chi connectivity index (χ2n) is 5.24. The average Bonchev–Trinajstić information content (AvgIpc) is 2.99. The lowest BCUT2D eigenvalue weighted by Crippen LogP contribution is -2.31. The fourth-order valence-electron chi connectivity index (χ4n) is 3.00. The van der Waals surface area contributed by atoms with Gasteiger partial charge in [-0.15, -0.1) is 12.4 Å². The summed E-state index contributed by atoms with van der Waals surface area (Å²) < 4.78 is 18.3. The summed E-state index contributed by atoms with van der Waals surface area (Å²) in [4.78, 5) is 14.2. The van der Waals surface area contributed by atoms with Gasteiger partial charge in [0.05, 0.1) is 7.11 Å². The van der Waals surface area contributed by atoms with Crippen LogP contribution in [-0.2, 0) is 0 Å². The van der Waals surface area contributed by atoms with Crippen LogP contribution in [0.15, 0.2) is 18.2 Å². The van der Waals surface area contributed by atoms with E-state index in [0.717, 1.165) is 26.2 Å². The van der Waals surface area contributed by atoms with Crippen LogP contribution in [0.5, 0.6) is 5.75 Å². The SMILES string of the molecule is COc1cc(C(=O)N2C[C@H]3CNC[C@H]3C2)ccc1F.Cl. The summed E-state index contributed by atoms with van der Waals surface area (Å²) in [6.07, 6.45) is 0. The number of halogens is 2. The van der Waals surface area contributed by atoms with E-state index in [2.05, 4.69) is 5.32 Å². The van der Waals surface area contributed by atoms with Crippen molar-refractivity contribution in [1.29, 1.82) is 0 Å². The molecule has 2 aliphatic heterocycles.